The van der Waals surface area contributed by atoms with Crippen LogP contribution in [-0.4, -0.2) is 37.4 Å². The van der Waals surface area contributed by atoms with Gasteiger partial charge in [0.05, 0.1) is 19.6 Å². The summed E-state index contributed by atoms with van der Waals surface area (Å²) in [5.74, 6) is 1.50. The quantitative estimate of drug-likeness (QED) is 0.326. The molecule has 0 fully saturated rings. The monoisotopic (exact) mass is 282 g/mol. The van der Waals surface area contributed by atoms with Gasteiger partial charge in [0, 0.05) is 25.2 Å². The first-order valence-electron chi connectivity index (χ1n) is 6.70. The van der Waals surface area contributed by atoms with Gasteiger partial charge in [-0.1, -0.05) is 6.92 Å². The number of hydrogen-bond acceptors (Lipinski definition) is 5. The van der Waals surface area contributed by atoms with Crippen LogP contribution in [0.1, 0.15) is 39.5 Å². The van der Waals surface area contributed by atoms with Crippen molar-refractivity contribution >= 4 is 17.5 Å². The Kier molecular flexibility index (Phi) is 10.2. The van der Waals surface area contributed by atoms with Crippen molar-refractivity contribution in [3.63, 3.8) is 0 Å². The molecule has 1 unspecified atom stereocenters. The van der Waals surface area contributed by atoms with E-state index in [2.05, 4.69) is 5.92 Å². The SMILES string of the molecule is C#CCC(CC(=O)OCCOCCC(C)=O)C(=O)CC. The van der Waals surface area contributed by atoms with Gasteiger partial charge in [0.25, 0.3) is 0 Å². The highest BCUT2D eigenvalue weighted by Gasteiger charge is 2.20. The van der Waals surface area contributed by atoms with E-state index in [-0.39, 0.29) is 37.6 Å². The maximum Gasteiger partial charge on any atom is 0.306 e. The Bertz CT molecular complexity index is 367. The second-order valence-corrected chi connectivity index (χ2v) is 4.41. The van der Waals surface area contributed by atoms with E-state index in [9.17, 15) is 14.4 Å². The van der Waals surface area contributed by atoms with Gasteiger partial charge >= 0.3 is 5.97 Å². The molecule has 0 aliphatic rings. The van der Waals surface area contributed by atoms with Crippen LogP contribution in [0.15, 0.2) is 0 Å². The molecule has 112 valence electrons. The lowest BCUT2D eigenvalue weighted by molar-refractivity contribution is -0.148. The molecule has 0 radical (unpaired) electrons. The van der Waals surface area contributed by atoms with E-state index in [1.807, 2.05) is 0 Å². The molecular formula is C15H22O5. The average molecular weight is 282 g/mol. The molecule has 0 heterocycles. The van der Waals surface area contributed by atoms with E-state index in [1.165, 1.54) is 6.92 Å². The number of esters is 1. The van der Waals surface area contributed by atoms with Crippen molar-refractivity contribution < 1.29 is 23.9 Å². The van der Waals surface area contributed by atoms with Crippen molar-refractivity contribution in [1.82, 2.24) is 0 Å². The lowest BCUT2D eigenvalue weighted by Crippen LogP contribution is -2.20. The van der Waals surface area contributed by atoms with Crippen LogP contribution >= 0.6 is 0 Å². The van der Waals surface area contributed by atoms with Crippen LogP contribution in [0.3, 0.4) is 0 Å². The summed E-state index contributed by atoms with van der Waals surface area (Å²) in [6.07, 6.45) is 6.13. The number of Topliss-reactive ketones (excluding diaryl/α,β-unsaturated/α-hetero) is 2. The molecule has 1 atom stereocenters. The molecule has 5 nitrogen and oxygen atoms in total. The summed E-state index contributed by atoms with van der Waals surface area (Å²) in [5.41, 5.74) is 0. The number of carbonyl (C=O) groups excluding carboxylic acids is 3. The predicted octanol–water partition coefficient (Wildman–Crippen LogP) is 1.53. The fraction of sp³-hybridized carbons (Fsp3) is 0.667. The smallest absolute Gasteiger partial charge is 0.306 e. The molecule has 5 heteroatoms. The number of hydrogen-bond donors (Lipinski definition) is 0. The molecule has 0 spiro atoms. The van der Waals surface area contributed by atoms with E-state index in [0.29, 0.717) is 19.4 Å². The minimum atomic E-state index is -0.462. The van der Waals surface area contributed by atoms with Crippen molar-refractivity contribution in [1.29, 1.82) is 0 Å². The van der Waals surface area contributed by atoms with Crippen LogP contribution in [0.5, 0.6) is 0 Å². The first kappa shape index (κ1) is 18.3. The zero-order valence-electron chi connectivity index (χ0n) is 12.1. The van der Waals surface area contributed by atoms with Crippen LogP contribution in [0.25, 0.3) is 0 Å². The highest BCUT2D eigenvalue weighted by Crippen LogP contribution is 2.12. The fourth-order valence-electron chi connectivity index (χ4n) is 1.52. The molecule has 0 aromatic rings. The Hall–Kier alpha value is -1.67. The molecule has 0 saturated carbocycles. The number of terminal acetylenes is 1. The first-order valence-corrected chi connectivity index (χ1v) is 6.70. The van der Waals surface area contributed by atoms with Crippen LogP contribution in [0, 0.1) is 18.3 Å². The third-order valence-corrected chi connectivity index (χ3v) is 2.67. The van der Waals surface area contributed by atoms with Crippen molar-refractivity contribution in [3.05, 3.63) is 0 Å². The normalized spacial score (nSPS) is 11.4. The lowest BCUT2D eigenvalue weighted by Gasteiger charge is -2.11. The van der Waals surface area contributed by atoms with E-state index in [0.717, 1.165) is 0 Å². The van der Waals surface area contributed by atoms with E-state index < -0.39 is 11.9 Å². The standard InChI is InChI=1S/C15H22O5/c1-4-6-13(14(17)5-2)11-15(18)20-10-9-19-8-7-12(3)16/h1,13H,5-11H2,2-3H3. The largest absolute Gasteiger partial charge is 0.463 e. The van der Waals surface area contributed by atoms with Crippen LogP contribution in [0.4, 0.5) is 0 Å². The number of rotatable bonds is 11. The van der Waals surface area contributed by atoms with Gasteiger partial charge < -0.3 is 9.47 Å². The van der Waals surface area contributed by atoms with Crippen molar-refractivity contribution in [3.8, 4) is 12.3 Å². The fourth-order valence-corrected chi connectivity index (χ4v) is 1.52. The highest BCUT2D eigenvalue weighted by atomic mass is 16.6. The van der Waals surface area contributed by atoms with E-state index >= 15 is 0 Å². The average Bonchev–Trinajstić information content (AvgIpc) is 2.41. The molecule has 0 saturated heterocycles. The molecule has 0 N–H and O–H groups in total. The summed E-state index contributed by atoms with van der Waals surface area (Å²) in [7, 11) is 0. The molecule has 0 amide bonds. The maximum absolute atomic E-state index is 11.6. The first-order chi connectivity index (χ1) is 9.51. The number of ether oxygens (including phenoxy) is 2. The van der Waals surface area contributed by atoms with Gasteiger partial charge in [0.1, 0.15) is 18.2 Å². The Morgan fingerprint density at radius 1 is 1.20 bits per heavy atom. The predicted molar refractivity (Wildman–Crippen MR) is 73.9 cm³/mol. The lowest BCUT2D eigenvalue weighted by atomic mass is 9.95. The van der Waals surface area contributed by atoms with Gasteiger partial charge in [-0.15, -0.1) is 12.3 Å². The molecule has 0 aromatic carbocycles. The van der Waals surface area contributed by atoms with Crippen molar-refractivity contribution in [2.75, 3.05) is 19.8 Å². The van der Waals surface area contributed by atoms with E-state index in [1.54, 1.807) is 6.92 Å². The van der Waals surface area contributed by atoms with Gasteiger partial charge in [-0.25, -0.2) is 0 Å². The number of carbonyl (C=O) groups is 3. The molecule has 0 bridgehead atoms. The molecular weight excluding hydrogens is 260 g/mol. The van der Waals surface area contributed by atoms with Crippen molar-refractivity contribution in [2.45, 2.75) is 39.5 Å². The Balaban J connectivity index is 3.83. The zero-order chi connectivity index (χ0) is 15.4. The molecule has 0 aliphatic carbocycles. The minimum Gasteiger partial charge on any atom is -0.463 e. The van der Waals surface area contributed by atoms with Gasteiger partial charge in [0.2, 0.25) is 0 Å². The van der Waals surface area contributed by atoms with Crippen LogP contribution < -0.4 is 0 Å². The maximum atomic E-state index is 11.6. The molecule has 0 rings (SSSR count). The van der Waals surface area contributed by atoms with E-state index in [4.69, 9.17) is 15.9 Å². The van der Waals surface area contributed by atoms with Crippen LogP contribution in [0.2, 0.25) is 0 Å². The zero-order valence-corrected chi connectivity index (χ0v) is 12.1. The highest BCUT2D eigenvalue weighted by molar-refractivity contribution is 5.85. The second-order valence-electron chi connectivity index (χ2n) is 4.41. The summed E-state index contributed by atoms with van der Waals surface area (Å²) in [6.45, 7) is 3.89. The Morgan fingerprint density at radius 3 is 2.45 bits per heavy atom. The van der Waals surface area contributed by atoms with Gasteiger partial charge in [-0.2, -0.15) is 0 Å². The Labute approximate surface area is 120 Å². The van der Waals surface area contributed by atoms with Crippen molar-refractivity contribution in [2.24, 2.45) is 5.92 Å². The third-order valence-electron chi connectivity index (χ3n) is 2.67. The summed E-state index contributed by atoms with van der Waals surface area (Å²) < 4.78 is 10.1. The molecule has 0 aromatic heterocycles. The summed E-state index contributed by atoms with van der Waals surface area (Å²) >= 11 is 0. The third kappa shape index (κ3) is 9.29. The topological polar surface area (TPSA) is 69.7 Å². The Morgan fingerprint density at radius 2 is 1.90 bits per heavy atom. The molecule has 20 heavy (non-hydrogen) atoms. The molecule has 0 aliphatic heterocycles. The van der Waals surface area contributed by atoms with Gasteiger partial charge in [0.15, 0.2) is 0 Å². The van der Waals surface area contributed by atoms with Gasteiger partial charge in [-0.3, -0.25) is 14.4 Å². The minimum absolute atomic E-state index is 0.00428. The summed E-state index contributed by atoms with van der Waals surface area (Å²) in [4.78, 5) is 33.7. The second kappa shape index (κ2) is 11.2. The number of ketones is 2. The summed E-state index contributed by atoms with van der Waals surface area (Å²) in [5, 5.41) is 0. The van der Waals surface area contributed by atoms with Crippen LogP contribution in [-0.2, 0) is 23.9 Å². The van der Waals surface area contributed by atoms with Gasteiger partial charge in [-0.05, 0) is 6.92 Å². The summed E-state index contributed by atoms with van der Waals surface area (Å²) in [6, 6.07) is 0.